The van der Waals surface area contributed by atoms with Crippen LogP contribution in [0.15, 0.2) is 30.3 Å². The van der Waals surface area contributed by atoms with Crippen LogP contribution in [0.2, 0.25) is 0 Å². The highest BCUT2D eigenvalue weighted by atomic mass is 16.2. The number of likely N-dealkylation sites (tertiary alicyclic amines) is 1. The minimum absolute atomic E-state index is 0.262. The molecule has 1 atom stereocenters. The van der Waals surface area contributed by atoms with E-state index in [0.717, 1.165) is 19.5 Å². The molecule has 1 aromatic rings. The van der Waals surface area contributed by atoms with Crippen molar-refractivity contribution in [3.8, 4) is 0 Å². The standard InChI is InChI=1S/C13H18N2O/c1-15-10-12(7-8-13(15)16)14-9-11-5-3-2-4-6-11/h2-6,12,14H,7-10H2,1H3. The molecular formula is C13H18N2O. The lowest BCUT2D eigenvalue weighted by Gasteiger charge is -2.30. The molecule has 0 aromatic heterocycles. The quantitative estimate of drug-likeness (QED) is 0.831. The van der Waals surface area contributed by atoms with Crippen LogP contribution in [0.25, 0.3) is 0 Å². The van der Waals surface area contributed by atoms with E-state index in [0.29, 0.717) is 12.5 Å². The average Bonchev–Trinajstić information content (AvgIpc) is 2.32. The molecule has 0 saturated carbocycles. The highest BCUT2D eigenvalue weighted by Crippen LogP contribution is 2.10. The zero-order chi connectivity index (χ0) is 11.4. The summed E-state index contributed by atoms with van der Waals surface area (Å²) in [7, 11) is 1.87. The summed E-state index contributed by atoms with van der Waals surface area (Å²) in [6.45, 7) is 1.71. The van der Waals surface area contributed by atoms with Crippen molar-refractivity contribution in [2.24, 2.45) is 0 Å². The predicted molar refractivity (Wildman–Crippen MR) is 63.9 cm³/mol. The zero-order valence-corrected chi connectivity index (χ0v) is 9.65. The predicted octanol–water partition coefficient (Wildman–Crippen LogP) is 1.40. The third-order valence-corrected chi connectivity index (χ3v) is 3.06. The molecule has 1 amide bonds. The number of likely N-dealkylation sites (N-methyl/N-ethyl adjacent to an activating group) is 1. The van der Waals surface area contributed by atoms with Crippen molar-refractivity contribution in [3.63, 3.8) is 0 Å². The fraction of sp³-hybridized carbons (Fsp3) is 0.462. The second-order valence-corrected chi connectivity index (χ2v) is 4.38. The third kappa shape index (κ3) is 2.83. The van der Waals surface area contributed by atoms with Gasteiger partial charge in [0.05, 0.1) is 0 Å². The Balaban J connectivity index is 1.81. The number of nitrogens with zero attached hydrogens (tertiary/aromatic N) is 1. The molecular weight excluding hydrogens is 200 g/mol. The number of nitrogens with one attached hydrogen (secondary N) is 1. The first-order valence-corrected chi connectivity index (χ1v) is 5.77. The van der Waals surface area contributed by atoms with Crippen LogP contribution >= 0.6 is 0 Å². The van der Waals surface area contributed by atoms with Crippen LogP contribution in [-0.2, 0) is 11.3 Å². The Morgan fingerprint density at radius 3 is 2.81 bits per heavy atom. The van der Waals surface area contributed by atoms with E-state index in [9.17, 15) is 4.79 Å². The minimum atomic E-state index is 0.262. The maximum atomic E-state index is 11.3. The lowest BCUT2D eigenvalue weighted by molar-refractivity contribution is -0.132. The average molecular weight is 218 g/mol. The summed E-state index contributed by atoms with van der Waals surface area (Å²) in [5, 5.41) is 3.49. The van der Waals surface area contributed by atoms with Crippen molar-refractivity contribution in [3.05, 3.63) is 35.9 Å². The number of piperidine rings is 1. The molecule has 1 aliphatic heterocycles. The molecule has 3 heteroatoms. The van der Waals surface area contributed by atoms with Crippen molar-refractivity contribution >= 4 is 5.91 Å². The number of carbonyl (C=O) groups is 1. The summed E-state index contributed by atoms with van der Waals surface area (Å²) in [6, 6.07) is 10.8. The topological polar surface area (TPSA) is 32.3 Å². The van der Waals surface area contributed by atoms with Gasteiger partial charge in [0.2, 0.25) is 5.91 Å². The fourth-order valence-electron chi connectivity index (χ4n) is 2.04. The Kier molecular flexibility index (Phi) is 3.57. The van der Waals surface area contributed by atoms with E-state index in [1.165, 1.54) is 5.56 Å². The van der Waals surface area contributed by atoms with E-state index in [1.807, 2.05) is 30.1 Å². The van der Waals surface area contributed by atoms with Crippen LogP contribution in [0.3, 0.4) is 0 Å². The van der Waals surface area contributed by atoms with Crippen LogP contribution < -0.4 is 5.32 Å². The highest BCUT2D eigenvalue weighted by molar-refractivity contribution is 5.76. The van der Waals surface area contributed by atoms with Crippen LogP contribution in [0.4, 0.5) is 0 Å². The lowest BCUT2D eigenvalue weighted by Crippen LogP contribution is -2.46. The molecule has 1 N–H and O–H groups in total. The van der Waals surface area contributed by atoms with Crippen molar-refractivity contribution in [2.75, 3.05) is 13.6 Å². The SMILES string of the molecule is CN1CC(NCc2ccccc2)CCC1=O. The molecule has 0 radical (unpaired) electrons. The summed E-state index contributed by atoms with van der Waals surface area (Å²) < 4.78 is 0. The highest BCUT2D eigenvalue weighted by Gasteiger charge is 2.21. The van der Waals surface area contributed by atoms with Gasteiger partial charge in [-0.3, -0.25) is 4.79 Å². The molecule has 16 heavy (non-hydrogen) atoms. The zero-order valence-electron chi connectivity index (χ0n) is 9.65. The van der Waals surface area contributed by atoms with Gasteiger partial charge in [0, 0.05) is 32.6 Å². The molecule has 1 heterocycles. The largest absolute Gasteiger partial charge is 0.344 e. The number of carbonyl (C=O) groups excluding carboxylic acids is 1. The second-order valence-electron chi connectivity index (χ2n) is 4.38. The van der Waals surface area contributed by atoms with Gasteiger partial charge in [-0.1, -0.05) is 30.3 Å². The van der Waals surface area contributed by atoms with Gasteiger partial charge in [0.15, 0.2) is 0 Å². The smallest absolute Gasteiger partial charge is 0.222 e. The van der Waals surface area contributed by atoms with Gasteiger partial charge in [0.1, 0.15) is 0 Å². The first-order chi connectivity index (χ1) is 7.75. The summed E-state index contributed by atoms with van der Waals surface area (Å²) in [5.41, 5.74) is 1.29. The van der Waals surface area contributed by atoms with Crippen LogP contribution in [0.5, 0.6) is 0 Å². The first-order valence-electron chi connectivity index (χ1n) is 5.77. The number of rotatable bonds is 3. The molecule has 1 fully saturated rings. The van der Waals surface area contributed by atoms with Crippen molar-refractivity contribution in [2.45, 2.75) is 25.4 Å². The molecule has 1 unspecified atom stereocenters. The molecule has 1 aromatic carbocycles. The molecule has 3 nitrogen and oxygen atoms in total. The molecule has 0 aliphatic carbocycles. The molecule has 0 spiro atoms. The van der Waals surface area contributed by atoms with E-state index in [2.05, 4.69) is 17.4 Å². The Labute approximate surface area is 96.5 Å². The Bertz CT molecular complexity index is 350. The summed E-state index contributed by atoms with van der Waals surface area (Å²) in [5.74, 6) is 0.262. The van der Waals surface area contributed by atoms with Crippen LogP contribution in [0, 0.1) is 0 Å². The Morgan fingerprint density at radius 2 is 2.12 bits per heavy atom. The van der Waals surface area contributed by atoms with E-state index in [1.54, 1.807) is 0 Å². The number of amides is 1. The molecule has 86 valence electrons. The summed E-state index contributed by atoms with van der Waals surface area (Å²) in [4.78, 5) is 13.1. The van der Waals surface area contributed by atoms with E-state index in [4.69, 9.17) is 0 Å². The van der Waals surface area contributed by atoms with Crippen molar-refractivity contribution in [1.82, 2.24) is 10.2 Å². The number of hydrogen-bond donors (Lipinski definition) is 1. The molecule has 1 saturated heterocycles. The molecule has 2 rings (SSSR count). The van der Waals surface area contributed by atoms with Gasteiger partial charge in [-0.15, -0.1) is 0 Å². The fourth-order valence-corrected chi connectivity index (χ4v) is 2.04. The van der Waals surface area contributed by atoms with E-state index in [-0.39, 0.29) is 5.91 Å². The summed E-state index contributed by atoms with van der Waals surface area (Å²) >= 11 is 0. The van der Waals surface area contributed by atoms with Gasteiger partial charge < -0.3 is 10.2 Å². The maximum Gasteiger partial charge on any atom is 0.222 e. The third-order valence-electron chi connectivity index (χ3n) is 3.06. The molecule has 0 bridgehead atoms. The van der Waals surface area contributed by atoms with E-state index >= 15 is 0 Å². The van der Waals surface area contributed by atoms with Crippen LogP contribution in [0.1, 0.15) is 18.4 Å². The van der Waals surface area contributed by atoms with Gasteiger partial charge in [0.25, 0.3) is 0 Å². The normalized spacial score (nSPS) is 21.2. The Hall–Kier alpha value is -1.35. The second kappa shape index (κ2) is 5.12. The summed E-state index contributed by atoms with van der Waals surface area (Å²) in [6.07, 6.45) is 1.62. The minimum Gasteiger partial charge on any atom is -0.344 e. The first kappa shape index (κ1) is 11.1. The lowest BCUT2D eigenvalue weighted by atomic mass is 10.1. The number of benzene rings is 1. The maximum absolute atomic E-state index is 11.3. The Morgan fingerprint density at radius 1 is 1.38 bits per heavy atom. The van der Waals surface area contributed by atoms with Gasteiger partial charge in [-0.05, 0) is 12.0 Å². The molecule has 1 aliphatic rings. The van der Waals surface area contributed by atoms with Gasteiger partial charge >= 0.3 is 0 Å². The van der Waals surface area contributed by atoms with Crippen LogP contribution in [-0.4, -0.2) is 30.4 Å². The van der Waals surface area contributed by atoms with Gasteiger partial charge in [-0.25, -0.2) is 0 Å². The van der Waals surface area contributed by atoms with Gasteiger partial charge in [-0.2, -0.15) is 0 Å². The number of hydrogen-bond acceptors (Lipinski definition) is 2. The van der Waals surface area contributed by atoms with E-state index < -0.39 is 0 Å². The van der Waals surface area contributed by atoms with Crippen molar-refractivity contribution in [1.29, 1.82) is 0 Å². The van der Waals surface area contributed by atoms with Crippen molar-refractivity contribution < 1.29 is 4.79 Å². The monoisotopic (exact) mass is 218 g/mol.